The largest absolute Gasteiger partial charge is 0.360 e. The highest BCUT2D eigenvalue weighted by atomic mass is 16.2. The molecular formula is C9H14N4O. The van der Waals surface area contributed by atoms with Crippen molar-refractivity contribution < 1.29 is 4.79 Å². The first-order chi connectivity index (χ1) is 6.74. The Morgan fingerprint density at radius 1 is 1.71 bits per heavy atom. The quantitative estimate of drug-likeness (QED) is 0.715. The van der Waals surface area contributed by atoms with E-state index < -0.39 is 0 Å². The number of rotatable bonds is 4. The van der Waals surface area contributed by atoms with Gasteiger partial charge in [0, 0.05) is 25.4 Å². The van der Waals surface area contributed by atoms with E-state index in [2.05, 4.69) is 15.7 Å². The van der Waals surface area contributed by atoms with E-state index in [4.69, 9.17) is 0 Å². The van der Waals surface area contributed by atoms with Crippen molar-refractivity contribution in [3.05, 3.63) is 12.3 Å². The van der Waals surface area contributed by atoms with Gasteiger partial charge in [-0.05, 0) is 12.8 Å². The number of hydrogen-bond acceptors (Lipinski definition) is 3. The predicted molar refractivity (Wildman–Crippen MR) is 52.9 cm³/mol. The average molecular weight is 194 g/mol. The lowest BCUT2D eigenvalue weighted by atomic mass is 10.5. The molecule has 0 unspecified atom stereocenters. The molecule has 1 amide bonds. The van der Waals surface area contributed by atoms with Crippen molar-refractivity contribution in [2.75, 3.05) is 11.9 Å². The van der Waals surface area contributed by atoms with Gasteiger partial charge in [-0.3, -0.25) is 9.48 Å². The summed E-state index contributed by atoms with van der Waals surface area (Å²) in [6.07, 6.45) is 4.08. The van der Waals surface area contributed by atoms with Crippen LogP contribution in [0, 0.1) is 0 Å². The van der Waals surface area contributed by atoms with Crippen molar-refractivity contribution in [2.45, 2.75) is 18.9 Å². The van der Waals surface area contributed by atoms with Crippen molar-refractivity contribution in [3.63, 3.8) is 0 Å². The summed E-state index contributed by atoms with van der Waals surface area (Å²) in [7, 11) is 1.84. The van der Waals surface area contributed by atoms with E-state index in [9.17, 15) is 4.79 Å². The summed E-state index contributed by atoms with van der Waals surface area (Å²) in [5.74, 6) is 0.775. The van der Waals surface area contributed by atoms with Gasteiger partial charge in [0.15, 0.2) is 0 Å². The number of carbonyl (C=O) groups excluding carboxylic acids is 1. The van der Waals surface area contributed by atoms with Gasteiger partial charge in [0.25, 0.3) is 0 Å². The third-order valence-corrected chi connectivity index (χ3v) is 2.09. The van der Waals surface area contributed by atoms with Gasteiger partial charge < -0.3 is 10.6 Å². The molecule has 1 heterocycles. The van der Waals surface area contributed by atoms with Crippen LogP contribution in [0.1, 0.15) is 12.8 Å². The van der Waals surface area contributed by atoms with Crippen LogP contribution in [0.2, 0.25) is 0 Å². The molecule has 5 nitrogen and oxygen atoms in total. The molecule has 1 fully saturated rings. The lowest BCUT2D eigenvalue weighted by molar-refractivity contribution is -0.119. The van der Waals surface area contributed by atoms with Gasteiger partial charge in [0.2, 0.25) is 5.91 Å². The molecule has 5 heteroatoms. The topological polar surface area (TPSA) is 59.0 Å². The Labute approximate surface area is 82.5 Å². The predicted octanol–water partition coefficient (Wildman–Crippen LogP) is 0.111. The van der Waals surface area contributed by atoms with E-state index in [1.165, 1.54) is 0 Å². The second-order valence-corrected chi connectivity index (χ2v) is 3.57. The summed E-state index contributed by atoms with van der Waals surface area (Å²) in [4.78, 5) is 11.3. The first-order valence-corrected chi connectivity index (χ1v) is 4.77. The smallest absolute Gasteiger partial charge is 0.239 e. The molecule has 2 rings (SSSR count). The number of nitrogens with zero attached hydrogens (tertiary/aromatic N) is 2. The molecular weight excluding hydrogens is 180 g/mol. The van der Waals surface area contributed by atoms with Crippen molar-refractivity contribution in [3.8, 4) is 0 Å². The fourth-order valence-corrected chi connectivity index (χ4v) is 1.19. The van der Waals surface area contributed by atoms with Crippen molar-refractivity contribution in [1.29, 1.82) is 0 Å². The summed E-state index contributed by atoms with van der Waals surface area (Å²) in [6.45, 7) is 0.299. The maximum atomic E-state index is 11.3. The van der Waals surface area contributed by atoms with E-state index in [0.29, 0.717) is 12.6 Å². The minimum atomic E-state index is 0.0400. The summed E-state index contributed by atoms with van der Waals surface area (Å²) in [5.41, 5.74) is 0. The maximum absolute atomic E-state index is 11.3. The molecule has 1 aromatic rings. The SMILES string of the molecule is Cn1ccc(NCC(=O)NC2CC2)n1. The minimum Gasteiger partial charge on any atom is -0.360 e. The zero-order chi connectivity index (χ0) is 9.97. The Bertz CT molecular complexity index is 329. The van der Waals surface area contributed by atoms with Gasteiger partial charge in [0.1, 0.15) is 5.82 Å². The maximum Gasteiger partial charge on any atom is 0.239 e. The van der Waals surface area contributed by atoms with Crippen LogP contribution < -0.4 is 10.6 Å². The van der Waals surface area contributed by atoms with Gasteiger partial charge in [-0.25, -0.2) is 0 Å². The molecule has 1 aromatic heterocycles. The molecule has 14 heavy (non-hydrogen) atoms. The second kappa shape index (κ2) is 3.69. The lowest BCUT2D eigenvalue weighted by Crippen LogP contribution is -2.31. The summed E-state index contributed by atoms with van der Waals surface area (Å²) < 4.78 is 1.70. The second-order valence-electron chi connectivity index (χ2n) is 3.57. The number of nitrogens with one attached hydrogen (secondary N) is 2. The van der Waals surface area contributed by atoms with Crippen LogP contribution in [-0.4, -0.2) is 28.3 Å². The Kier molecular flexibility index (Phi) is 2.39. The third-order valence-electron chi connectivity index (χ3n) is 2.09. The van der Waals surface area contributed by atoms with Gasteiger partial charge >= 0.3 is 0 Å². The number of amides is 1. The molecule has 0 saturated heterocycles. The van der Waals surface area contributed by atoms with Crippen LogP contribution in [-0.2, 0) is 11.8 Å². The normalized spacial score (nSPS) is 15.2. The number of anilines is 1. The molecule has 0 aromatic carbocycles. The highest BCUT2D eigenvalue weighted by molar-refractivity contribution is 5.80. The lowest BCUT2D eigenvalue weighted by Gasteiger charge is -2.03. The number of aryl methyl sites for hydroxylation is 1. The molecule has 0 spiro atoms. The molecule has 0 aliphatic heterocycles. The standard InChI is InChI=1S/C9H14N4O/c1-13-5-4-8(12-13)10-6-9(14)11-7-2-3-7/h4-5,7H,2-3,6H2,1H3,(H,10,12)(H,11,14). The Hall–Kier alpha value is -1.52. The fourth-order valence-electron chi connectivity index (χ4n) is 1.19. The monoisotopic (exact) mass is 194 g/mol. The van der Waals surface area contributed by atoms with Gasteiger partial charge in [-0.1, -0.05) is 0 Å². The van der Waals surface area contributed by atoms with Crippen LogP contribution in [0.4, 0.5) is 5.82 Å². The Balaban J connectivity index is 1.73. The molecule has 0 radical (unpaired) electrons. The number of carbonyl (C=O) groups is 1. The van der Waals surface area contributed by atoms with Crippen LogP contribution >= 0.6 is 0 Å². The van der Waals surface area contributed by atoms with E-state index in [0.717, 1.165) is 18.7 Å². The van der Waals surface area contributed by atoms with Crippen molar-refractivity contribution >= 4 is 11.7 Å². The van der Waals surface area contributed by atoms with E-state index in [-0.39, 0.29) is 5.91 Å². The molecule has 1 saturated carbocycles. The van der Waals surface area contributed by atoms with Crippen LogP contribution in [0.25, 0.3) is 0 Å². The fraction of sp³-hybridized carbons (Fsp3) is 0.556. The van der Waals surface area contributed by atoms with Crippen LogP contribution in [0.15, 0.2) is 12.3 Å². The summed E-state index contributed by atoms with van der Waals surface area (Å²) >= 11 is 0. The molecule has 1 aliphatic rings. The van der Waals surface area contributed by atoms with Crippen LogP contribution in [0.3, 0.4) is 0 Å². The van der Waals surface area contributed by atoms with Crippen LogP contribution in [0.5, 0.6) is 0 Å². The highest BCUT2D eigenvalue weighted by Gasteiger charge is 2.22. The van der Waals surface area contributed by atoms with E-state index in [1.807, 2.05) is 19.3 Å². The molecule has 76 valence electrons. The Morgan fingerprint density at radius 2 is 2.50 bits per heavy atom. The van der Waals surface area contributed by atoms with E-state index in [1.54, 1.807) is 4.68 Å². The van der Waals surface area contributed by atoms with Gasteiger partial charge in [0.05, 0.1) is 6.54 Å². The zero-order valence-corrected chi connectivity index (χ0v) is 8.16. The molecule has 2 N–H and O–H groups in total. The summed E-state index contributed by atoms with van der Waals surface area (Å²) in [5, 5.41) is 9.95. The zero-order valence-electron chi connectivity index (χ0n) is 8.16. The average Bonchev–Trinajstić information content (AvgIpc) is 2.85. The van der Waals surface area contributed by atoms with Crippen molar-refractivity contribution in [2.24, 2.45) is 7.05 Å². The summed E-state index contributed by atoms with van der Waals surface area (Å²) in [6, 6.07) is 2.26. The van der Waals surface area contributed by atoms with Gasteiger partial charge in [-0.2, -0.15) is 5.10 Å². The van der Waals surface area contributed by atoms with Crippen molar-refractivity contribution in [1.82, 2.24) is 15.1 Å². The van der Waals surface area contributed by atoms with E-state index >= 15 is 0 Å². The Morgan fingerprint density at radius 3 is 3.07 bits per heavy atom. The van der Waals surface area contributed by atoms with Gasteiger partial charge in [-0.15, -0.1) is 0 Å². The number of hydrogen-bond donors (Lipinski definition) is 2. The molecule has 0 atom stereocenters. The molecule has 0 bridgehead atoms. The third kappa shape index (κ3) is 2.48. The minimum absolute atomic E-state index is 0.0400. The first-order valence-electron chi connectivity index (χ1n) is 4.77. The number of aromatic nitrogens is 2. The molecule has 1 aliphatic carbocycles. The highest BCUT2D eigenvalue weighted by Crippen LogP contribution is 2.18. The first kappa shape index (κ1) is 9.05.